The molecule has 0 bridgehead atoms. The van der Waals surface area contributed by atoms with Crippen LogP contribution >= 0.6 is 11.6 Å². The predicted molar refractivity (Wildman–Crippen MR) is 57.9 cm³/mol. The van der Waals surface area contributed by atoms with Crippen LogP contribution in [-0.2, 0) is 0 Å². The predicted octanol–water partition coefficient (Wildman–Crippen LogP) is 2.61. The van der Waals surface area contributed by atoms with Crippen molar-refractivity contribution >= 4 is 11.6 Å². The van der Waals surface area contributed by atoms with Crippen molar-refractivity contribution in [2.24, 2.45) is 0 Å². The van der Waals surface area contributed by atoms with Gasteiger partial charge in [-0.25, -0.2) is 4.39 Å². The van der Waals surface area contributed by atoms with Crippen LogP contribution in [0.1, 0.15) is 12.8 Å². The molecule has 1 aromatic rings. The van der Waals surface area contributed by atoms with Gasteiger partial charge in [-0.2, -0.15) is 0 Å². The molecule has 2 nitrogen and oxygen atoms in total. The summed E-state index contributed by atoms with van der Waals surface area (Å²) in [7, 11) is 0. The molecule has 0 spiro atoms. The second-order valence-electron chi connectivity index (χ2n) is 3.62. The Bertz CT molecular complexity index is 339. The zero-order valence-electron chi connectivity index (χ0n) is 8.30. The molecular formula is C11H13ClFNO. The molecule has 15 heavy (non-hydrogen) atoms. The Morgan fingerprint density at radius 1 is 1.33 bits per heavy atom. The number of piperidine rings is 1. The molecule has 2 rings (SSSR count). The molecule has 1 fully saturated rings. The van der Waals surface area contributed by atoms with Crippen LogP contribution in [0.5, 0.6) is 5.75 Å². The van der Waals surface area contributed by atoms with E-state index in [1.54, 1.807) is 12.1 Å². The van der Waals surface area contributed by atoms with E-state index in [2.05, 4.69) is 5.32 Å². The number of rotatable bonds is 2. The first-order valence-corrected chi connectivity index (χ1v) is 5.46. The van der Waals surface area contributed by atoms with Crippen molar-refractivity contribution in [3.8, 4) is 5.75 Å². The number of hydrogen-bond acceptors (Lipinski definition) is 2. The zero-order valence-corrected chi connectivity index (χ0v) is 9.06. The van der Waals surface area contributed by atoms with Crippen molar-refractivity contribution in [2.45, 2.75) is 18.9 Å². The van der Waals surface area contributed by atoms with Crippen LogP contribution in [0, 0.1) is 5.82 Å². The molecule has 0 saturated carbocycles. The van der Waals surface area contributed by atoms with E-state index in [9.17, 15) is 4.39 Å². The fourth-order valence-corrected chi connectivity index (χ4v) is 1.83. The van der Waals surface area contributed by atoms with Crippen molar-refractivity contribution in [3.05, 3.63) is 29.0 Å². The first kappa shape index (κ1) is 10.7. The number of ether oxygens (including phenoxy) is 1. The van der Waals surface area contributed by atoms with Gasteiger partial charge in [-0.1, -0.05) is 17.7 Å². The lowest BCUT2D eigenvalue weighted by Crippen LogP contribution is -2.34. The third-order valence-electron chi connectivity index (χ3n) is 2.50. The van der Waals surface area contributed by atoms with Crippen molar-refractivity contribution in [3.63, 3.8) is 0 Å². The summed E-state index contributed by atoms with van der Waals surface area (Å²) in [5.74, 6) is -0.202. The van der Waals surface area contributed by atoms with Gasteiger partial charge in [0.1, 0.15) is 6.10 Å². The maximum atomic E-state index is 13.5. The maximum absolute atomic E-state index is 13.5. The highest BCUT2D eigenvalue weighted by Crippen LogP contribution is 2.26. The van der Waals surface area contributed by atoms with Gasteiger partial charge in [-0.3, -0.25) is 0 Å². The van der Waals surface area contributed by atoms with Crippen molar-refractivity contribution in [1.82, 2.24) is 5.32 Å². The third-order valence-corrected chi connectivity index (χ3v) is 2.79. The van der Waals surface area contributed by atoms with Crippen LogP contribution in [0.25, 0.3) is 0 Å². The largest absolute Gasteiger partial charge is 0.487 e. The van der Waals surface area contributed by atoms with Crippen LogP contribution < -0.4 is 10.1 Å². The third kappa shape index (κ3) is 2.61. The van der Waals surface area contributed by atoms with Crippen LogP contribution in [0.15, 0.2) is 18.2 Å². The van der Waals surface area contributed by atoms with Crippen LogP contribution in [0.2, 0.25) is 5.02 Å². The highest BCUT2D eigenvalue weighted by atomic mass is 35.5. The van der Waals surface area contributed by atoms with Gasteiger partial charge in [0.05, 0.1) is 5.02 Å². The molecule has 4 heteroatoms. The van der Waals surface area contributed by atoms with Gasteiger partial charge in [0.15, 0.2) is 11.6 Å². The Kier molecular flexibility index (Phi) is 3.44. The number of halogens is 2. The first-order chi connectivity index (χ1) is 7.27. The molecule has 82 valence electrons. The Balaban J connectivity index is 2.06. The summed E-state index contributed by atoms with van der Waals surface area (Å²) >= 11 is 5.66. The van der Waals surface area contributed by atoms with Crippen molar-refractivity contribution < 1.29 is 9.13 Å². The van der Waals surface area contributed by atoms with Gasteiger partial charge in [-0.15, -0.1) is 0 Å². The van der Waals surface area contributed by atoms with E-state index in [4.69, 9.17) is 16.3 Å². The van der Waals surface area contributed by atoms with E-state index in [0.29, 0.717) is 0 Å². The van der Waals surface area contributed by atoms with Gasteiger partial charge in [0, 0.05) is 0 Å². The molecule has 1 aliphatic heterocycles. The standard InChI is InChI=1S/C11H13ClFNO/c12-9-2-1-3-10(11(9)13)15-8-4-6-14-7-5-8/h1-3,8,14H,4-7H2. The van der Waals surface area contributed by atoms with E-state index in [1.807, 2.05) is 0 Å². The van der Waals surface area contributed by atoms with Gasteiger partial charge < -0.3 is 10.1 Å². The van der Waals surface area contributed by atoms with Crippen LogP contribution in [-0.4, -0.2) is 19.2 Å². The van der Waals surface area contributed by atoms with E-state index in [-0.39, 0.29) is 16.9 Å². The SMILES string of the molecule is Fc1c(Cl)cccc1OC1CCNCC1. The van der Waals surface area contributed by atoms with E-state index < -0.39 is 5.82 Å². The number of hydrogen-bond donors (Lipinski definition) is 1. The molecule has 0 radical (unpaired) electrons. The summed E-state index contributed by atoms with van der Waals surface area (Å²) in [6, 6.07) is 4.83. The van der Waals surface area contributed by atoms with Crippen molar-refractivity contribution in [1.29, 1.82) is 0 Å². The monoisotopic (exact) mass is 229 g/mol. The minimum atomic E-state index is -0.460. The van der Waals surface area contributed by atoms with Gasteiger partial charge in [0.2, 0.25) is 0 Å². The lowest BCUT2D eigenvalue weighted by molar-refractivity contribution is 0.156. The molecule has 1 aliphatic rings. The molecule has 1 aromatic carbocycles. The smallest absolute Gasteiger partial charge is 0.183 e. The Morgan fingerprint density at radius 3 is 2.80 bits per heavy atom. The highest BCUT2D eigenvalue weighted by Gasteiger charge is 2.17. The normalized spacial score (nSPS) is 17.7. The van der Waals surface area contributed by atoms with Gasteiger partial charge in [0.25, 0.3) is 0 Å². The zero-order chi connectivity index (χ0) is 10.7. The first-order valence-electron chi connectivity index (χ1n) is 5.09. The molecule has 1 N–H and O–H groups in total. The molecule has 0 aliphatic carbocycles. The Morgan fingerprint density at radius 2 is 2.07 bits per heavy atom. The minimum absolute atomic E-state index is 0.0965. The molecule has 0 atom stereocenters. The summed E-state index contributed by atoms with van der Waals surface area (Å²) in [5.41, 5.74) is 0. The molecule has 1 saturated heterocycles. The van der Waals surface area contributed by atoms with Crippen molar-refractivity contribution in [2.75, 3.05) is 13.1 Å². The summed E-state index contributed by atoms with van der Waals surface area (Å²) in [6.07, 6.45) is 1.91. The number of benzene rings is 1. The second kappa shape index (κ2) is 4.81. The second-order valence-corrected chi connectivity index (χ2v) is 4.03. The highest BCUT2D eigenvalue weighted by molar-refractivity contribution is 6.30. The molecular weight excluding hydrogens is 217 g/mol. The fourth-order valence-electron chi connectivity index (χ4n) is 1.67. The molecule has 1 heterocycles. The lowest BCUT2D eigenvalue weighted by Gasteiger charge is -2.24. The average molecular weight is 230 g/mol. The summed E-state index contributed by atoms with van der Waals surface area (Å²) in [6.45, 7) is 1.85. The maximum Gasteiger partial charge on any atom is 0.183 e. The molecule has 0 amide bonds. The van der Waals surface area contributed by atoms with Crippen LogP contribution in [0.4, 0.5) is 4.39 Å². The Hall–Kier alpha value is -0.800. The minimum Gasteiger partial charge on any atom is -0.487 e. The molecule has 0 unspecified atom stereocenters. The van der Waals surface area contributed by atoms with Crippen LogP contribution in [0.3, 0.4) is 0 Å². The summed E-state index contributed by atoms with van der Waals surface area (Å²) < 4.78 is 19.1. The van der Waals surface area contributed by atoms with E-state index in [0.717, 1.165) is 25.9 Å². The summed E-state index contributed by atoms with van der Waals surface area (Å²) in [5, 5.41) is 3.34. The molecule has 0 aromatic heterocycles. The lowest BCUT2D eigenvalue weighted by atomic mass is 10.1. The van der Waals surface area contributed by atoms with E-state index in [1.165, 1.54) is 6.07 Å². The average Bonchev–Trinajstić information content (AvgIpc) is 2.26. The van der Waals surface area contributed by atoms with Gasteiger partial charge in [-0.05, 0) is 38.1 Å². The number of nitrogens with one attached hydrogen (secondary N) is 1. The van der Waals surface area contributed by atoms with E-state index >= 15 is 0 Å². The summed E-state index contributed by atoms with van der Waals surface area (Å²) in [4.78, 5) is 0. The topological polar surface area (TPSA) is 21.3 Å². The quantitative estimate of drug-likeness (QED) is 0.842. The Labute approximate surface area is 93.4 Å². The fraction of sp³-hybridized carbons (Fsp3) is 0.455. The van der Waals surface area contributed by atoms with Gasteiger partial charge >= 0.3 is 0 Å².